The molecule has 2 aromatic rings. The number of para-hydroxylation sites is 1. The van der Waals surface area contributed by atoms with Crippen LogP contribution in [0.4, 0.5) is 11.4 Å². The second kappa shape index (κ2) is 9.09. The minimum absolute atomic E-state index is 0.180. The van der Waals surface area contributed by atoms with Gasteiger partial charge in [0, 0.05) is 16.4 Å². The number of halogens is 1. The van der Waals surface area contributed by atoms with Crippen LogP contribution in [0.15, 0.2) is 70.3 Å². The second-order valence-corrected chi connectivity index (χ2v) is 9.78. The van der Waals surface area contributed by atoms with E-state index >= 15 is 0 Å². The molecule has 2 heterocycles. The number of methoxy groups -OCH3 is 1. The molecule has 1 atom stereocenters. The maximum Gasteiger partial charge on any atom is 0.365 e. The summed E-state index contributed by atoms with van der Waals surface area (Å²) in [5.74, 6) is -0.985. The molecule has 0 fully saturated rings. The van der Waals surface area contributed by atoms with Gasteiger partial charge < -0.3 is 14.4 Å². The van der Waals surface area contributed by atoms with Crippen LogP contribution >= 0.6 is 35.1 Å². The number of ether oxygens (including phenoxy) is 2. The number of hydrogen-bond donors (Lipinski definition) is 0. The number of hydrogen-bond acceptors (Lipinski definition) is 9. The molecule has 0 saturated carbocycles. The van der Waals surface area contributed by atoms with Gasteiger partial charge in [-0.15, -0.1) is 0 Å². The van der Waals surface area contributed by atoms with E-state index in [0.29, 0.717) is 21.3 Å². The Balaban J connectivity index is 1.90. The molecule has 7 nitrogen and oxygen atoms in total. The number of thioether (sulfide) groups is 2. The van der Waals surface area contributed by atoms with E-state index in [-0.39, 0.29) is 11.7 Å². The number of esters is 2. The molecule has 2 aliphatic heterocycles. The first-order chi connectivity index (χ1) is 15.4. The van der Waals surface area contributed by atoms with Crippen LogP contribution in [0.25, 0.3) is 0 Å². The summed E-state index contributed by atoms with van der Waals surface area (Å²) in [6, 6.07) is 16.8. The number of carbonyl (C=O) groups is 2. The topological polar surface area (TPSA) is 71.4 Å². The van der Waals surface area contributed by atoms with Gasteiger partial charge in [-0.3, -0.25) is 0 Å². The van der Waals surface area contributed by atoms with Crippen molar-refractivity contribution in [3.05, 3.63) is 70.2 Å². The van der Waals surface area contributed by atoms with Crippen LogP contribution in [-0.2, 0) is 19.1 Å². The van der Waals surface area contributed by atoms with E-state index in [1.54, 1.807) is 24.1 Å². The Kier molecular flexibility index (Phi) is 6.41. The highest BCUT2D eigenvalue weighted by atomic mass is 35.5. The summed E-state index contributed by atoms with van der Waals surface area (Å²) >= 11 is 8.75. The quantitative estimate of drug-likeness (QED) is 0.541. The van der Waals surface area contributed by atoms with Gasteiger partial charge in [0.05, 0.1) is 19.4 Å². The first kappa shape index (κ1) is 22.6. The molecular weight excluding hydrogens is 470 g/mol. The van der Waals surface area contributed by atoms with E-state index in [4.69, 9.17) is 21.1 Å². The zero-order valence-corrected chi connectivity index (χ0v) is 20.0. The number of carbonyl (C=O) groups excluding carboxylic acids is 2. The molecule has 0 amide bonds. The fraction of sp³-hybridized carbons (Fsp3) is 0.227. The number of nitrogens with zero attached hydrogens (tertiary/aromatic N) is 3. The second-order valence-electron chi connectivity index (χ2n) is 6.75. The third-order valence-electron chi connectivity index (χ3n) is 4.76. The van der Waals surface area contributed by atoms with E-state index in [2.05, 4.69) is 5.10 Å². The number of rotatable bonds is 5. The van der Waals surface area contributed by atoms with Crippen molar-refractivity contribution < 1.29 is 19.1 Å². The number of allylic oxidation sites excluding steroid dienone is 1. The van der Waals surface area contributed by atoms with Crippen molar-refractivity contribution >= 4 is 63.5 Å². The van der Waals surface area contributed by atoms with Crippen molar-refractivity contribution in [2.45, 2.75) is 18.2 Å². The van der Waals surface area contributed by atoms with Gasteiger partial charge in [0.25, 0.3) is 0 Å². The fourth-order valence-corrected chi connectivity index (χ4v) is 6.59. The molecule has 10 heteroatoms. The average Bonchev–Trinajstić information content (AvgIpc) is 3.32. The highest BCUT2D eigenvalue weighted by Gasteiger charge is 2.58. The lowest BCUT2D eigenvalue weighted by atomic mass is 10.2. The summed E-state index contributed by atoms with van der Waals surface area (Å²) in [6.45, 7) is 3.81. The average molecular weight is 490 g/mol. The fourth-order valence-electron chi connectivity index (χ4n) is 3.43. The lowest BCUT2D eigenvalue weighted by molar-refractivity contribution is -0.135. The zero-order chi connectivity index (χ0) is 22.9. The molecule has 0 bridgehead atoms. The molecule has 1 unspecified atom stereocenters. The SMILES string of the molecule is CCOC(=O)C1=NN(c2cccc(Cl)c2)C2(S1)SC(C(=O)OC)=C(C)N2c1ccccc1. The van der Waals surface area contributed by atoms with Gasteiger partial charge in [0.1, 0.15) is 4.91 Å². The summed E-state index contributed by atoms with van der Waals surface area (Å²) < 4.78 is 9.23. The van der Waals surface area contributed by atoms with E-state index in [9.17, 15) is 9.59 Å². The largest absolute Gasteiger partial charge is 0.465 e. The Morgan fingerprint density at radius 3 is 2.44 bits per heavy atom. The first-order valence-corrected chi connectivity index (χ1v) is 11.8. The van der Waals surface area contributed by atoms with Crippen molar-refractivity contribution in [3.63, 3.8) is 0 Å². The molecule has 0 saturated heterocycles. The molecular formula is C22H20ClN3O4S2. The van der Waals surface area contributed by atoms with E-state index < -0.39 is 16.3 Å². The lowest BCUT2D eigenvalue weighted by Crippen LogP contribution is -2.49. The summed E-state index contributed by atoms with van der Waals surface area (Å²) in [5.41, 5.74) is 2.18. The first-order valence-electron chi connectivity index (χ1n) is 9.75. The predicted molar refractivity (Wildman–Crippen MR) is 130 cm³/mol. The van der Waals surface area contributed by atoms with Crippen molar-refractivity contribution in [2.24, 2.45) is 5.10 Å². The Bertz CT molecular complexity index is 1130. The maximum absolute atomic E-state index is 12.7. The van der Waals surface area contributed by atoms with Gasteiger partial charge in [0.2, 0.25) is 9.37 Å². The third-order valence-corrected chi connectivity index (χ3v) is 7.84. The van der Waals surface area contributed by atoms with Gasteiger partial charge >= 0.3 is 11.9 Å². The minimum Gasteiger partial charge on any atom is -0.465 e. The van der Waals surface area contributed by atoms with Crippen LogP contribution in [0.2, 0.25) is 5.02 Å². The van der Waals surface area contributed by atoms with Gasteiger partial charge in [0.15, 0.2) is 0 Å². The van der Waals surface area contributed by atoms with Gasteiger partial charge in [-0.05, 0) is 55.9 Å². The Morgan fingerprint density at radius 2 is 1.78 bits per heavy atom. The molecule has 2 aliphatic rings. The number of benzene rings is 2. The molecule has 1 spiro atoms. The van der Waals surface area contributed by atoms with Crippen LogP contribution in [0.3, 0.4) is 0 Å². The van der Waals surface area contributed by atoms with Crippen LogP contribution in [0.1, 0.15) is 13.8 Å². The molecule has 2 aromatic carbocycles. The van der Waals surface area contributed by atoms with Gasteiger partial charge in [-0.1, -0.05) is 47.6 Å². The molecule has 0 radical (unpaired) electrons. The van der Waals surface area contributed by atoms with Crippen LogP contribution in [0.5, 0.6) is 0 Å². The summed E-state index contributed by atoms with van der Waals surface area (Å²) in [6.07, 6.45) is 0. The Hall–Kier alpha value is -2.62. The predicted octanol–water partition coefficient (Wildman–Crippen LogP) is 5.04. The van der Waals surface area contributed by atoms with Gasteiger partial charge in [-0.2, -0.15) is 5.10 Å². The maximum atomic E-state index is 12.7. The Morgan fingerprint density at radius 1 is 1.06 bits per heavy atom. The molecule has 166 valence electrons. The van der Waals surface area contributed by atoms with Crippen molar-refractivity contribution in [3.8, 4) is 0 Å². The highest BCUT2D eigenvalue weighted by molar-refractivity contribution is 8.29. The molecule has 0 aromatic heterocycles. The van der Waals surface area contributed by atoms with Crippen LogP contribution < -0.4 is 9.91 Å². The van der Waals surface area contributed by atoms with Gasteiger partial charge in [-0.25, -0.2) is 14.6 Å². The van der Waals surface area contributed by atoms with Crippen molar-refractivity contribution in [2.75, 3.05) is 23.6 Å². The summed E-state index contributed by atoms with van der Waals surface area (Å²) in [4.78, 5) is 27.7. The molecule has 0 N–H and O–H groups in total. The number of hydrazone groups is 1. The van der Waals surface area contributed by atoms with Crippen LogP contribution in [0, 0.1) is 0 Å². The molecule has 32 heavy (non-hydrogen) atoms. The zero-order valence-electron chi connectivity index (χ0n) is 17.6. The monoisotopic (exact) mass is 489 g/mol. The Labute approximate surface area is 199 Å². The molecule has 0 aliphatic carbocycles. The van der Waals surface area contributed by atoms with E-state index in [1.807, 2.05) is 54.3 Å². The van der Waals surface area contributed by atoms with E-state index in [1.165, 1.54) is 30.6 Å². The van der Waals surface area contributed by atoms with Crippen molar-refractivity contribution in [1.29, 1.82) is 0 Å². The normalized spacial score (nSPS) is 20.1. The van der Waals surface area contributed by atoms with E-state index in [0.717, 1.165) is 5.69 Å². The van der Waals surface area contributed by atoms with Crippen molar-refractivity contribution in [1.82, 2.24) is 0 Å². The summed E-state index contributed by atoms with van der Waals surface area (Å²) in [5, 5.41) is 7.03. The minimum atomic E-state index is -1.04. The lowest BCUT2D eigenvalue weighted by Gasteiger charge is -2.41. The third kappa shape index (κ3) is 3.85. The standard InChI is InChI=1S/C22H20ClN3O4S2/c1-4-30-21(28)19-24-26(17-12-8-9-15(23)13-17)22(32-19)25(16-10-6-5-7-11-16)14(2)18(31-22)20(27)29-3/h5-13H,4H2,1-3H3. The molecule has 4 rings (SSSR count). The summed E-state index contributed by atoms with van der Waals surface area (Å²) in [7, 11) is 1.35. The van der Waals surface area contributed by atoms with Crippen LogP contribution in [-0.4, -0.2) is 35.0 Å². The highest BCUT2D eigenvalue weighted by Crippen LogP contribution is 2.60. The number of anilines is 2. The smallest absolute Gasteiger partial charge is 0.365 e.